The molecule has 0 spiro atoms. The zero-order chi connectivity index (χ0) is 22.7. The van der Waals surface area contributed by atoms with E-state index in [1.165, 1.54) is 0 Å². The molecule has 9 heteroatoms. The number of anilines is 1. The Bertz CT molecular complexity index is 1100. The Balaban J connectivity index is 1.64. The van der Waals surface area contributed by atoms with Gasteiger partial charge in [0, 0.05) is 44.9 Å². The molecule has 9 nitrogen and oxygen atoms in total. The lowest BCUT2D eigenvalue weighted by Gasteiger charge is -2.33. The van der Waals surface area contributed by atoms with Crippen LogP contribution in [0.15, 0.2) is 35.1 Å². The van der Waals surface area contributed by atoms with E-state index in [1.54, 1.807) is 14.0 Å². The summed E-state index contributed by atoms with van der Waals surface area (Å²) in [6.45, 7) is 3.12. The van der Waals surface area contributed by atoms with Crippen molar-refractivity contribution in [2.24, 2.45) is 0 Å². The molecule has 1 aliphatic heterocycles. The number of carbonyl (C=O) groups is 1. The number of piperidine rings is 1. The van der Waals surface area contributed by atoms with E-state index in [2.05, 4.69) is 15.3 Å². The van der Waals surface area contributed by atoms with Gasteiger partial charge in [0.05, 0.1) is 19.2 Å². The first-order chi connectivity index (χ1) is 15.5. The highest BCUT2D eigenvalue weighted by atomic mass is 16.6. The lowest BCUT2D eigenvalue weighted by atomic mass is 9.89. The number of hydrogen-bond acceptors (Lipinski definition) is 8. The van der Waals surface area contributed by atoms with Crippen LogP contribution in [0.25, 0.3) is 11.1 Å². The molecule has 0 aliphatic carbocycles. The van der Waals surface area contributed by atoms with Crippen LogP contribution in [-0.4, -0.2) is 65.4 Å². The molecular weight excluding hydrogens is 408 g/mol. The van der Waals surface area contributed by atoms with E-state index in [1.807, 2.05) is 54.4 Å². The molecule has 1 amide bonds. The average molecular weight is 437 g/mol. The van der Waals surface area contributed by atoms with Gasteiger partial charge in [0.1, 0.15) is 17.1 Å². The van der Waals surface area contributed by atoms with Gasteiger partial charge in [-0.3, -0.25) is 4.79 Å². The second kappa shape index (κ2) is 9.33. The van der Waals surface area contributed by atoms with Crippen molar-refractivity contribution in [1.29, 1.82) is 0 Å². The molecule has 1 unspecified atom stereocenters. The molecular formula is C23H28N6O3. The first-order valence-electron chi connectivity index (χ1n) is 10.7. The number of aromatic nitrogens is 4. The molecule has 1 atom stereocenters. The predicted octanol–water partition coefficient (Wildman–Crippen LogP) is 2.86. The number of nitrogens with zero attached hydrogens (tertiary/aromatic N) is 6. The maximum absolute atomic E-state index is 13.0. The van der Waals surface area contributed by atoms with Crippen molar-refractivity contribution >= 4 is 11.9 Å². The first kappa shape index (κ1) is 21.7. The number of methoxy groups -OCH3 is 1. The van der Waals surface area contributed by atoms with E-state index in [4.69, 9.17) is 14.3 Å². The summed E-state index contributed by atoms with van der Waals surface area (Å²) in [5.41, 5.74) is 4.15. The lowest BCUT2D eigenvalue weighted by Crippen LogP contribution is -2.40. The van der Waals surface area contributed by atoms with E-state index in [0.29, 0.717) is 23.9 Å². The van der Waals surface area contributed by atoms with Gasteiger partial charge in [-0.1, -0.05) is 22.4 Å². The van der Waals surface area contributed by atoms with Gasteiger partial charge >= 0.3 is 0 Å². The van der Waals surface area contributed by atoms with Crippen LogP contribution in [0.1, 0.15) is 35.8 Å². The predicted molar refractivity (Wildman–Crippen MR) is 120 cm³/mol. The van der Waals surface area contributed by atoms with Gasteiger partial charge in [0.15, 0.2) is 0 Å². The summed E-state index contributed by atoms with van der Waals surface area (Å²) in [4.78, 5) is 26.2. The van der Waals surface area contributed by atoms with Crippen molar-refractivity contribution in [3.8, 4) is 16.9 Å². The van der Waals surface area contributed by atoms with Crippen LogP contribution in [0.4, 0.5) is 5.95 Å². The molecule has 168 valence electrons. The molecule has 1 aliphatic rings. The van der Waals surface area contributed by atoms with Crippen LogP contribution in [0, 0.1) is 6.92 Å². The number of carbonyl (C=O) groups excluding carboxylic acids is 1. The molecule has 2 aromatic heterocycles. The highest BCUT2D eigenvalue weighted by Gasteiger charge is 2.29. The first-order valence-corrected chi connectivity index (χ1v) is 10.7. The topological polar surface area (TPSA) is 97.5 Å². The summed E-state index contributed by atoms with van der Waals surface area (Å²) in [7, 11) is 5.51. The highest BCUT2D eigenvalue weighted by Crippen LogP contribution is 2.35. The monoisotopic (exact) mass is 436 g/mol. The zero-order valence-electron chi connectivity index (χ0n) is 18.9. The minimum atomic E-state index is 0.0262. The summed E-state index contributed by atoms with van der Waals surface area (Å²) in [6.07, 6.45) is 3.93. The van der Waals surface area contributed by atoms with Gasteiger partial charge in [0.2, 0.25) is 11.9 Å². The largest absolute Gasteiger partial charge is 0.497 e. The highest BCUT2D eigenvalue weighted by molar-refractivity contribution is 5.79. The molecule has 1 aromatic carbocycles. The van der Waals surface area contributed by atoms with E-state index in [0.717, 1.165) is 42.0 Å². The van der Waals surface area contributed by atoms with Gasteiger partial charge in [-0.2, -0.15) is 0 Å². The van der Waals surface area contributed by atoms with Crippen molar-refractivity contribution in [3.05, 3.63) is 47.5 Å². The van der Waals surface area contributed by atoms with Crippen molar-refractivity contribution < 1.29 is 14.2 Å². The van der Waals surface area contributed by atoms with Crippen molar-refractivity contribution in [1.82, 2.24) is 25.2 Å². The molecule has 32 heavy (non-hydrogen) atoms. The number of aryl methyl sites for hydroxylation is 1. The molecule has 0 N–H and O–H groups in total. The van der Waals surface area contributed by atoms with Crippen molar-refractivity contribution in [2.45, 2.75) is 32.1 Å². The summed E-state index contributed by atoms with van der Waals surface area (Å²) in [6, 6.07) is 7.90. The maximum atomic E-state index is 13.0. The fourth-order valence-corrected chi connectivity index (χ4v) is 4.02. The van der Waals surface area contributed by atoms with Gasteiger partial charge in [-0.25, -0.2) is 14.6 Å². The van der Waals surface area contributed by atoms with Crippen LogP contribution in [0.5, 0.6) is 5.75 Å². The normalized spacial score (nSPS) is 16.1. The molecule has 3 heterocycles. The van der Waals surface area contributed by atoms with Crippen LogP contribution in [-0.2, 0) is 11.2 Å². The van der Waals surface area contributed by atoms with Gasteiger partial charge in [-0.05, 0) is 37.5 Å². The Morgan fingerprint density at radius 1 is 1.31 bits per heavy atom. The summed E-state index contributed by atoms with van der Waals surface area (Å²) in [5.74, 6) is 1.56. The Kier molecular flexibility index (Phi) is 6.34. The van der Waals surface area contributed by atoms with E-state index >= 15 is 0 Å². The van der Waals surface area contributed by atoms with Crippen LogP contribution in [0.2, 0.25) is 0 Å². The number of hydrogen-bond donors (Lipinski definition) is 0. The maximum Gasteiger partial charge on any atom is 0.228 e. The van der Waals surface area contributed by atoms with Crippen molar-refractivity contribution in [3.63, 3.8) is 0 Å². The number of benzene rings is 1. The summed E-state index contributed by atoms with van der Waals surface area (Å²) < 4.78 is 10.2. The summed E-state index contributed by atoms with van der Waals surface area (Å²) >= 11 is 0. The SMILES string of the molecule is COc1cccc(-c2cnc(N(C)C)nc2C2CCCN(C(=O)Cc3nonc3C)C2)c1. The zero-order valence-corrected chi connectivity index (χ0v) is 18.9. The summed E-state index contributed by atoms with van der Waals surface area (Å²) in [5, 5.41) is 7.63. The third-order valence-electron chi connectivity index (χ3n) is 5.81. The Morgan fingerprint density at radius 3 is 2.88 bits per heavy atom. The smallest absolute Gasteiger partial charge is 0.228 e. The lowest BCUT2D eigenvalue weighted by molar-refractivity contribution is -0.131. The number of rotatable bonds is 6. The minimum absolute atomic E-state index is 0.0262. The standard InChI is InChI=1S/C23H28N6O3/c1-15-20(27-32-26-15)12-21(30)29-10-6-8-17(14-29)22-19(13-24-23(25-22)28(2)3)16-7-5-9-18(11-16)31-4/h5,7,9,11,13,17H,6,8,10,12,14H2,1-4H3. The fourth-order valence-electron chi connectivity index (χ4n) is 4.02. The third-order valence-corrected chi connectivity index (χ3v) is 5.81. The second-order valence-electron chi connectivity index (χ2n) is 8.25. The Labute approximate surface area is 187 Å². The van der Waals surface area contributed by atoms with Crippen LogP contribution in [0.3, 0.4) is 0 Å². The second-order valence-corrected chi connectivity index (χ2v) is 8.25. The third kappa shape index (κ3) is 4.56. The van der Waals surface area contributed by atoms with Crippen LogP contribution >= 0.6 is 0 Å². The molecule has 3 aromatic rings. The number of amides is 1. The number of ether oxygens (including phenoxy) is 1. The molecule has 1 saturated heterocycles. The quantitative estimate of drug-likeness (QED) is 0.582. The van der Waals surface area contributed by atoms with Crippen LogP contribution < -0.4 is 9.64 Å². The Hall–Kier alpha value is -3.49. The average Bonchev–Trinajstić information content (AvgIpc) is 3.22. The fraction of sp³-hybridized carbons (Fsp3) is 0.435. The van der Waals surface area contributed by atoms with E-state index in [9.17, 15) is 4.79 Å². The molecule has 0 bridgehead atoms. The molecule has 1 fully saturated rings. The number of likely N-dealkylation sites (tertiary alicyclic amines) is 1. The molecule has 0 radical (unpaired) electrons. The van der Waals surface area contributed by atoms with Gasteiger partial charge in [-0.15, -0.1) is 0 Å². The van der Waals surface area contributed by atoms with Gasteiger partial charge in [0.25, 0.3) is 0 Å². The van der Waals surface area contributed by atoms with Gasteiger partial charge < -0.3 is 14.5 Å². The minimum Gasteiger partial charge on any atom is -0.497 e. The van der Waals surface area contributed by atoms with E-state index < -0.39 is 0 Å². The molecule has 4 rings (SSSR count). The Morgan fingerprint density at radius 2 is 2.16 bits per heavy atom. The van der Waals surface area contributed by atoms with E-state index in [-0.39, 0.29) is 18.2 Å². The molecule has 0 saturated carbocycles. The van der Waals surface area contributed by atoms with Crippen molar-refractivity contribution in [2.75, 3.05) is 39.2 Å².